The molecule has 3 rings (SSSR count). The number of carbonyl (C=O) groups is 2. The standard InChI is InChI=1S/C26H28N2O4/c1-18(2)25(28-24(29)17-19-9-5-4-6-10-19)26(30)27-20-13-15-21(16-14-20)32-23-12-8-7-11-22(23)31-3/h4-16,18,25H,17H2,1-3H3,(H,27,30)(H,28,29)/t25-/m0/s1. The van der Waals surface area contributed by atoms with Crippen molar-refractivity contribution in [2.75, 3.05) is 12.4 Å². The van der Waals surface area contributed by atoms with E-state index in [0.717, 1.165) is 5.56 Å². The molecule has 0 aliphatic heterocycles. The Bertz CT molecular complexity index is 1030. The number of rotatable bonds is 9. The van der Waals surface area contributed by atoms with Gasteiger partial charge in [0.25, 0.3) is 0 Å². The van der Waals surface area contributed by atoms with Crippen LogP contribution in [0.3, 0.4) is 0 Å². The van der Waals surface area contributed by atoms with E-state index < -0.39 is 6.04 Å². The Labute approximate surface area is 188 Å². The third-order valence-electron chi connectivity index (χ3n) is 4.89. The summed E-state index contributed by atoms with van der Waals surface area (Å²) in [6, 6.07) is 23.2. The average molecular weight is 433 g/mol. The van der Waals surface area contributed by atoms with Crippen LogP contribution in [0.1, 0.15) is 19.4 Å². The highest BCUT2D eigenvalue weighted by Crippen LogP contribution is 2.31. The maximum Gasteiger partial charge on any atom is 0.247 e. The fraction of sp³-hybridized carbons (Fsp3) is 0.231. The van der Waals surface area contributed by atoms with Crippen LogP contribution in [0.25, 0.3) is 0 Å². The Morgan fingerprint density at radius 3 is 2.09 bits per heavy atom. The van der Waals surface area contributed by atoms with E-state index in [0.29, 0.717) is 22.9 Å². The first-order valence-corrected chi connectivity index (χ1v) is 10.5. The molecule has 3 aromatic rings. The van der Waals surface area contributed by atoms with Crippen LogP contribution in [0.4, 0.5) is 5.69 Å². The third-order valence-corrected chi connectivity index (χ3v) is 4.89. The minimum absolute atomic E-state index is 0.0668. The molecule has 0 aliphatic carbocycles. The van der Waals surface area contributed by atoms with Gasteiger partial charge in [-0.25, -0.2) is 0 Å². The zero-order valence-electron chi connectivity index (χ0n) is 18.5. The van der Waals surface area contributed by atoms with Crippen LogP contribution in [-0.4, -0.2) is 25.0 Å². The van der Waals surface area contributed by atoms with E-state index >= 15 is 0 Å². The molecule has 1 atom stereocenters. The van der Waals surface area contributed by atoms with Crippen LogP contribution in [-0.2, 0) is 16.0 Å². The lowest BCUT2D eigenvalue weighted by molar-refractivity contribution is -0.127. The fourth-order valence-corrected chi connectivity index (χ4v) is 3.20. The predicted molar refractivity (Wildman–Crippen MR) is 125 cm³/mol. The van der Waals surface area contributed by atoms with Crippen molar-refractivity contribution in [3.05, 3.63) is 84.4 Å². The average Bonchev–Trinajstić information content (AvgIpc) is 2.79. The maximum atomic E-state index is 12.8. The molecule has 32 heavy (non-hydrogen) atoms. The van der Waals surface area contributed by atoms with Gasteiger partial charge < -0.3 is 20.1 Å². The van der Waals surface area contributed by atoms with Crippen LogP contribution < -0.4 is 20.1 Å². The van der Waals surface area contributed by atoms with Crippen LogP contribution in [0.2, 0.25) is 0 Å². The Morgan fingerprint density at radius 1 is 0.844 bits per heavy atom. The third kappa shape index (κ3) is 6.35. The minimum Gasteiger partial charge on any atom is -0.493 e. The summed E-state index contributed by atoms with van der Waals surface area (Å²) in [5.74, 6) is 1.33. The van der Waals surface area contributed by atoms with Gasteiger partial charge in [-0.1, -0.05) is 56.3 Å². The van der Waals surface area contributed by atoms with Gasteiger partial charge in [-0.3, -0.25) is 9.59 Å². The van der Waals surface area contributed by atoms with E-state index in [9.17, 15) is 9.59 Å². The van der Waals surface area contributed by atoms with Crippen molar-refractivity contribution in [2.24, 2.45) is 5.92 Å². The van der Waals surface area contributed by atoms with Crippen molar-refractivity contribution < 1.29 is 19.1 Å². The first-order valence-electron chi connectivity index (χ1n) is 10.5. The number of para-hydroxylation sites is 2. The lowest BCUT2D eigenvalue weighted by Gasteiger charge is -2.22. The smallest absolute Gasteiger partial charge is 0.247 e. The van der Waals surface area contributed by atoms with Crippen LogP contribution >= 0.6 is 0 Å². The molecule has 0 bridgehead atoms. The summed E-state index contributed by atoms with van der Waals surface area (Å²) in [4.78, 5) is 25.3. The molecule has 166 valence electrons. The van der Waals surface area contributed by atoms with Gasteiger partial charge in [0, 0.05) is 5.69 Å². The second kappa shape index (κ2) is 11.0. The molecule has 0 spiro atoms. The monoisotopic (exact) mass is 432 g/mol. The topological polar surface area (TPSA) is 76.7 Å². The lowest BCUT2D eigenvalue weighted by atomic mass is 10.0. The molecule has 0 aromatic heterocycles. The number of nitrogens with one attached hydrogen (secondary N) is 2. The number of carbonyl (C=O) groups excluding carboxylic acids is 2. The van der Waals surface area contributed by atoms with Crippen LogP contribution in [0.5, 0.6) is 17.2 Å². The molecular formula is C26H28N2O4. The predicted octanol–water partition coefficient (Wildman–Crippen LogP) is 4.81. The molecule has 0 saturated carbocycles. The number of methoxy groups -OCH3 is 1. The van der Waals surface area contributed by atoms with Crippen LogP contribution in [0.15, 0.2) is 78.9 Å². The van der Waals surface area contributed by atoms with Gasteiger partial charge >= 0.3 is 0 Å². The molecule has 0 fully saturated rings. The van der Waals surface area contributed by atoms with Crippen molar-refractivity contribution in [3.63, 3.8) is 0 Å². The molecule has 0 radical (unpaired) electrons. The highest BCUT2D eigenvalue weighted by Gasteiger charge is 2.24. The SMILES string of the molecule is COc1ccccc1Oc1ccc(NC(=O)[C@@H](NC(=O)Cc2ccccc2)C(C)C)cc1. The molecular weight excluding hydrogens is 404 g/mol. The molecule has 0 saturated heterocycles. The van der Waals surface area contributed by atoms with Crippen LogP contribution in [0, 0.1) is 5.92 Å². The molecule has 0 heterocycles. The van der Waals surface area contributed by atoms with E-state index in [2.05, 4.69) is 10.6 Å². The molecule has 6 heteroatoms. The quantitative estimate of drug-likeness (QED) is 0.509. The Morgan fingerprint density at radius 2 is 1.47 bits per heavy atom. The van der Waals surface area contributed by atoms with Crippen molar-refractivity contribution in [3.8, 4) is 17.2 Å². The Balaban J connectivity index is 1.60. The largest absolute Gasteiger partial charge is 0.493 e. The summed E-state index contributed by atoms with van der Waals surface area (Å²) < 4.78 is 11.2. The Kier molecular flexibility index (Phi) is 7.86. The van der Waals surface area contributed by atoms with Gasteiger partial charge in [-0.15, -0.1) is 0 Å². The number of hydrogen-bond acceptors (Lipinski definition) is 4. The zero-order chi connectivity index (χ0) is 22.9. The van der Waals surface area contributed by atoms with E-state index in [4.69, 9.17) is 9.47 Å². The summed E-state index contributed by atoms with van der Waals surface area (Å²) in [7, 11) is 1.59. The van der Waals surface area contributed by atoms with E-state index in [-0.39, 0.29) is 24.2 Å². The van der Waals surface area contributed by atoms with Crippen molar-refractivity contribution in [1.82, 2.24) is 5.32 Å². The first-order chi connectivity index (χ1) is 15.5. The van der Waals surface area contributed by atoms with Crippen molar-refractivity contribution in [2.45, 2.75) is 26.3 Å². The second-order valence-corrected chi connectivity index (χ2v) is 7.72. The number of anilines is 1. The van der Waals surface area contributed by atoms with Gasteiger partial charge in [0.05, 0.1) is 13.5 Å². The molecule has 2 N–H and O–H groups in total. The second-order valence-electron chi connectivity index (χ2n) is 7.72. The molecule has 0 unspecified atom stereocenters. The fourth-order valence-electron chi connectivity index (χ4n) is 3.20. The number of amides is 2. The zero-order valence-corrected chi connectivity index (χ0v) is 18.5. The van der Waals surface area contributed by atoms with Gasteiger partial charge in [-0.05, 0) is 47.9 Å². The van der Waals surface area contributed by atoms with Gasteiger partial charge in [-0.2, -0.15) is 0 Å². The Hall–Kier alpha value is -3.80. The number of ether oxygens (including phenoxy) is 2. The highest BCUT2D eigenvalue weighted by molar-refractivity contribution is 5.97. The summed E-state index contributed by atoms with van der Waals surface area (Å²) in [5.41, 5.74) is 1.52. The minimum atomic E-state index is -0.643. The van der Waals surface area contributed by atoms with Crippen molar-refractivity contribution in [1.29, 1.82) is 0 Å². The molecule has 0 aliphatic rings. The molecule has 2 amide bonds. The summed E-state index contributed by atoms with van der Waals surface area (Å²) >= 11 is 0. The van der Waals surface area contributed by atoms with Gasteiger partial charge in [0.1, 0.15) is 11.8 Å². The molecule has 3 aromatic carbocycles. The van der Waals surface area contributed by atoms with E-state index in [1.165, 1.54) is 0 Å². The molecule has 6 nitrogen and oxygen atoms in total. The van der Waals surface area contributed by atoms with E-state index in [1.54, 1.807) is 31.4 Å². The highest BCUT2D eigenvalue weighted by atomic mass is 16.5. The van der Waals surface area contributed by atoms with Gasteiger partial charge in [0.15, 0.2) is 11.5 Å². The summed E-state index contributed by atoms with van der Waals surface area (Å²) in [5, 5.41) is 5.72. The lowest BCUT2D eigenvalue weighted by Crippen LogP contribution is -2.47. The first kappa shape index (κ1) is 22.9. The number of benzene rings is 3. The number of hydrogen-bond donors (Lipinski definition) is 2. The normalized spacial score (nSPS) is 11.5. The summed E-state index contributed by atoms with van der Waals surface area (Å²) in [6.45, 7) is 3.80. The maximum absolute atomic E-state index is 12.8. The van der Waals surface area contributed by atoms with E-state index in [1.807, 2.05) is 68.4 Å². The van der Waals surface area contributed by atoms with Crippen molar-refractivity contribution >= 4 is 17.5 Å². The van der Waals surface area contributed by atoms with Gasteiger partial charge in [0.2, 0.25) is 11.8 Å². The summed E-state index contributed by atoms with van der Waals surface area (Å²) in [6.07, 6.45) is 0.228.